The summed E-state index contributed by atoms with van der Waals surface area (Å²) in [6.07, 6.45) is 2.00. The Labute approximate surface area is 195 Å². The number of hydrogen-bond donors (Lipinski definition) is 3. The van der Waals surface area contributed by atoms with Gasteiger partial charge in [-0.15, -0.1) is 24.0 Å². The van der Waals surface area contributed by atoms with Gasteiger partial charge in [-0.1, -0.05) is 30.3 Å². The number of nitrogens with one attached hydrogen (secondary N) is 3. The van der Waals surface area contributed by atoms with Crippen molar-refractivity contribution in [3.05, 3.63) is 65.5 Å². The van der Waals surface area contributed by atoms with Crippen LogP contribution in [0.2, 0.25) is 0 Å². The van der Waals surface area contributed by atoms with Gasteiger partial charge in [0.1, 0.15) is 5.82 Å². The second-order valence-electron chi connectivity index (χ2n) is 7.43. The molecule has 0 bridgehead atoms. The SMILES string of the molecule is CCNC(=NCc1ccc(NCCOC)cc1)NCC1(c2ccccc2F)CC1.I. The van der Waals surface area contributed by atoms with Gasteiger partial charge >= 0.3 is 0 Å². The number of halogens is 2. The fraction of sp³-hybridized carbons (Fsp3) is 0.435. The Hall–Kier alpha value is -1.87. The molecule has 2 aromatic carbocycles. The monoisotopic (exact) mass is 526 g/mol. The zero-order valence-corrected chi connectivity index (χ0v) is 20.0. The number of rotatable bonds is 10. The van der Waals surface area contributed by atoms with Crippen molar-refractivity contribution in [3.63, 3.8) is 0 Å². The summed E-state index contributed by atoms with van der Waals surface area (Å²) < 4.78 is 19.3. The molecule has 0 aliphatic heterocycles. The Bertz CT molecular complexity index is 809. The molecule has 0 amide bonds. The Kier molecular flexibility index (Phi) is 9.84. The molecule has 2 aromatic rings. The van der Waals surface area contributed by atoms with Crippen LogP contribution in [0.1, 0.15) is 30.9 Å². The minimum Gasteiger partial charge on any atom is -0.383 e. The van der Waals surface area contributed by atoms with Crippen molar-refractivity contribution in [1.82, 2.24) is 10.6 Å². The van der Waals surface area contributed by atoms with Crippen LogP contribution in [0, 0.1) is 5.82 Å². The minimum atomic E-state index is -0.118. The highest BCUT2D eigenvalue weighted by Crippen LogP contribution is 2.48. The van der Waals surface area contributed by atoms with Gasteiger partial charge in [-0.2, -0.15) is 0 Å². The van der Waals surface area contributed by atoms with Gasteiger partial charge in [0.15, 0.2) is 5.96 Å². The van der Waals surface area contributed by atoms with E-state index in [9.17, 15) is 4.39 Å². The molecule has 3 rings (SSSR count). The van der Waals surface area contributed by atoms with Crippen LogP contribution >= 0.6 is 24.0 Å². The minimum absolute atomic E-state index is 0. The molecule has 0 atom stereocenters. The highest BCUT2D eigenvalue weighted by molar-refractivity contribution is 14.0. The summed E-state index contributed by atoms with van der Waals surface area (Å²) in [6, 6.07) is 15.3. The fourth-order valence-electron chi connectivity index (χ4n) is 3.37. The Morgan fingerprint density at radius 3 is 2.47 bits per heavy atom. The van der Waals surface area contributed by atoms with E-state index in [1.165, 1.54) is 0 Å². The van der Waals surface area contributed by atoms with Crippen LogP contribution in [0.15, 0.2) is 53.5 Å². The van der Waals surface area contributed by atoms with Crippen molar-refractivity contribution in [3.8, 4) is 0 Å². The first-order valence-electron chi connectivity index (χ1n) is 10.3. The molecule has 30 heavy (non-hydrogen) atoms. The maximum absolute atomic E-state index is 14.2. The van der Waals surface area contributed by atoms with E-state index in [0.717, 1.165) is 48.7 Å². The third kappa shape index (κ3) is 6.84. The van der Waals surface area contributed by atoms with Crippen molar-refractivity contribution < 1.29 is 9.13 Å². The molecule has 1 aliphatic rings. The second-order valence-corrected chi connectivity index (χ2v) is 7.43. The van der Waals surface area contributed by atoms with Crippen molar-refractivity contribution in [2.24, 2.45) is 4.99 Å². The van der Waals surface area contributed by atoms with Crippen molar-refractivity contribution in [2.75, 3.05) is 38.7 Å². The molecule has 1 saturated carbocycles. The van der Waals surface area contributed by atoms with Crippen LogP contribution < -0.4 is 16.0 Å². The van der Waals surface area contributed by atoms with E-state index in [0.29, 0.717) is 19.7 Å². The summed E-state index contributed by atoms with van der Waals surface area (Å²) in [5, 5.41) is 10.0. The molecule has 0 radical (unpaired) electrons. The Balaban J connectivity index is 0.00000320. The summed E-state index contributed by atoms with van der Waals surface area (Å²) in [4.78, 5) is 4.70. The van der Waals surface area contributed by atoms with Crippen LogP contribution in [0.4, 0.5) is 10.1 Å². The van der Waals surface area contributed by atoms with E-state index in [1.54, 1.807) is 19.2 Å². The standard InChI is InChI=1S/C23H31FN4O.HI/c1-3-25-22(27-16-18-8-10-19(11-9-18)26-14-15-29-2)28-17-23(12-13-23)20-6-4-5-7-21(20)24;/h4-11,26H,3,12-17H2,1-2H3,(H2,25,27,28);1H. The van der Waals surface area contributed by atoms with Crippen LogP contribution in [0.5, 0.6) is 0 Å². The highest BCUT2D eigenvalue weighted by Gasteiger charge is 2.45. The van der Waals surface area contributed by atoms with E-state index in [-0.39, 0.29) is 35.2 Å². The average Bonchev–Trinajstić information content (AvgIpc) is 3.52. The number of ether oxygens (including phenoxy) is 1. The molecule has 1 aliphatic carbocycles. The van der Waals surface area contributed by atoms with E-state index >= 15 is 0 Å². The van der Waals surface area contributed by atoms with Crippen molar-refractivity contribution in [1.29, 1.82) is 0 Å². The average molecular weight is 526 g/mol. The lowest BCUT2D eigenvalue weighted by molar-refractivity contribution is 0.211. The lowest BCUT2D eigenvalue weighted by Crippen LogP contribution is -2.41. The number of hydrogen-bond acceptors (Lipinski definition) is 3. The van der Waals surface area contributed by atoms with Gasteiger partial charge in [0.25, 0.3) is 0 Å². The van der Waals surface area contributed by atoms with E-state index in [4.69, 9.17) is 9.73 Å². The molecular weight excluding hydrogens is 494 g/mol. The predicted octanol–water partition coefficient (Wildman–Crippen LogP) is 4.29. The van der Waals surface area contributed by atoms with Crippen LogP contribution in [0.3, 0.4) is 0 Å². The number of nitrogens with zero attached hydrogens (tertiary/aromatic N) is 1. The largest absolute Gasteiger partial charge is 0.383 e. The topological polar surface area (TPSA) is 57.7 Å². The van der Waals surface area contributed by atoms with Gasteiger partial charge in [0.2, 0.25) is 0 Å². The Morgan fingerprint density at radius 1 is 1.10 bits per heavy atom. The molecule has 5 nitrogen and oxygen atoms in total. The molecule has 0 unspecified atom stereocenters. The van der Waals surface area contributed by atoms with Crippen LogP contribution in [-0.4, -0.2) is 39.3 Å². The fourth-order valence-corrected chi connectivity index (χ4v) is 3.37. The summed E-state index contributed by atoms with van der Waals surface area (Å²) >= 11 is 0. The molecule has 0 saturated heterocycles. The molecular formula is C23H32FIN4O. The molecule has 3 N–H and O–H groups in total. The third-order valence-corrected chi connectivity index (χ3v) is 5.25. The summed E-state index contributed by atoms with van der Waals surface area (Å²) in [5.41, 5.74) is 2.90. The number of benzene rings is 2. The van der Waals surface area contributed by atoms with Gasteiger partial charge in [0, 0.05) is 37.8 Å². The lowest BCUT2D eigenvalue weighted by Gasteiger charge is -2.19. The molecule has 0 spiro atoms. The number of anilines is 1. The third-order valence-electron chi connectivity index (χ3n) is 5.25. The zero-order valence-electron chi connectivity index (χ0n) is 17.7. The number of methoxy groups -OCH3 is 1. The summed E-state index contributed by atoms with van der Waals surface area (Å²) in [7, 11) is 1.69. The predicted molar refractivity (Wildman–Crippen MR) is 132 cm³/mol. The van der Waals surface area contributed by atoms with Gasteiger partial charge < -0.3 is 20.7 Å². The van der Waals surface area contributed by atoms with E-state index < -0.39 is 0 Å². The quantitative estimate of drug-likeness (QED) is 0.187. The normalized spacial score (nSPS) is 14.6. The van der Waals surface area contributed by atoms with E-state index in [2.05, 4.69) is 40.2 Å². The highest BCUT2D eigenvalue weighted by atomic mass is 127. The molecule has 0 heterocycles. The first-order chi connectivity index (χ1) is 14.2. The Morgan fingerprint density at radius 2 is 1.83 bits per heavy atom. The maximum atomic E-state index is 14.2. The van der Waals surface area contributed by atoms with Crippen LogP contribution in [-0.2, 0) is 16.7 Å². The van der Waals surface area contributed by atoms with Gasteiger partial charge in [-0.05, 0) is 49.1 Å². The molecule has 0 aromatic heterocycles. The number of guanidine groups is 1. The summed E-state index contributed by atoms with van der Waals surface area (Å²) in [5.74, 6) is 0.644. The molecule has 164 valence electrons. The number of aliphatic imine (C=N–C) groups is 1. The van der Waals surface area contributed by atoms with Crippen LogP contribution in [0.25, 0.3) is 0 Å². The molecule has 1 fully saturated rings. The first-order valence-corrected chi connectivity index (χ1v) is 10.3. The van der Waals surface area contributed by atoms with Crippen molar-refractivity contribution >= 4 is 35.6 Å². The maximum Gasteiger partial charge on any atom is 0.191 e. The first kappa shape index (κ1) is 24.4. The van der Waals surface area contributed by atoms with Crippen molar-refractivity contribution in [2.45, 2.75) is 31.7 Å². The zero-order chi connectivity index (χ0) is 20.5. The van der Waals surface area contributed by atoms with E-state index in [1.807, 2.05) is 19.1 Å². The molecule has 7 heteroatoms. The lowest BCUT2D eigenvalue weighted by atomic mass is 9.95. The van der Waals surface area contributed by atoms with Gasteiger partial charge in [-0.25, -0.2) is 9.38 Å². The van der Waals surface area contributed by atoms with Gasteiger partial charge in [0.05, 0.1) is 13.2 Å². The second kappa shape index (κ2) is 12.1. The summed E-state index contributed by atoms with van der Waals surface area (Å²) in [6.45, 7) is 5.55. The smallest absolute Gasteiger partial charge is 0.191 e. The van der Waals surface area contributed by atoms with Gasteiger partial charge in [-0.3, -0.25) is 0 Å².